The smallest absolute Gasteiger partial charge is 0.322 e. The Balaban J connectivity index is 1.82. The van der Waals surface area contributed by atoms with Crippen molar-refractivity contribution >= 4 is 17.6 Å². The Kier molecular flexibility index (Phi) is 4.97. The Labute approximate surface area is 152 Å². The van der Waals surface area contributed by atoms with Crippen molar-refractivity contribution in [2.75, 3.05) is 19.5 Å². The molecule has 0 radical (unpaired) electrons. The van der Waals surface area contributed by atoms with Crippen LogP contribution in [0.15, 0.2) is 46.9 Å². The molecule has 0 aliphatic carbocycles. The van der Waals surface area contributed by atoms with Gasteiger partial charge in [0.1, 0.15) is 17.1 Å². The number of benzene rings is 2. The molecule has 0 aliphatic heterocycles. The zero-order valence-corrected chi connectivity index (χ0v) is 14.3. The number of hydrogen-bond acceptors (Lipinski definition) is 8. The van der Waals surface area contributed by atoms with Gasteiger partial charge >= 0.3 is 6.01 Å². The van der Waals surface area contributed by atoms with Gasteiger partial charge < -0.3 is 13.9 Å². The van der Waals surface area contributed by atoms with E-state index in [2.05, 4.69) is 15.5 Å². The van der Waals surface area contributed by atoms with E-state index in [4.69, 9.17) is 13.9 Å². The lowest BCUT2D eigenvalue weighted by molar-refractivity contribution is -0.384. The Morgan fingerprint density at radius 3 is 2.26 bits per heavy atom. The van der Waals surface area contributed by atoms with Crippen molar-refractivity contribution in [3.8, 4) is 23.0 Å². The van der Waals surface area contributed by atoms with E-state index in [0.717, 1.165) is 0 Å². The molecule has 10 heteroatoms. The SMILES string of the molecule is COc1cccc(OC)c1C(=O)Nc1nnc(-c2ccc([N+](=O)[O-])cc2)o1. The van der Waals surface area contributed by atoms with Gasteiger partial charge in [0, 0.05) is 17.7 Å². The second-order valence-corrected chi connectivity index (χ2v) is 5.21. The molecule has 3 rings (SSSR count). The fourth-order valence-electron chi connectivity index (χ4n) is 2.35. The summed E-state index contributed by atoms with van der Waals surface area (Å²) in [6, 6.07) is 10.4. The van der Waals surface area contributed by atoms with Gasteiger partial charge in [-0.05, 0) is 24.3 Å². The monoisotopic (exact) mass is 370 g/mol. The van der Waals surface area contributed by atoms with Crippen LogP contribution in [0.5, 0.6) is 11.5 Å². The molecule has 0 aliphatic rings. The highest BCUT2D eigenvalue weighted by molar-refractivity contribution is 6.07. The number of nitrogens with zero attached hydrogens (tertiary/aromatic N) is 3. The van der Waals surface area contributed by atoms with Crippen molar-refractivity contribution in [3.63, 3.8) is 0 Å². The maximum atomic E-state index is 12.6. The molecule has 1 aromatic heterocycles. The van der Waals surface area contributed by atoms with Crippen LogP contribution >= 0.6 is 0 Å². The molecule has 0 spiro atoms. The summed E-state index contributed by atoms with van der Waals surface area (Å²) < 4.78 is 15.8. The molecule has 1 amide bonds. The number of hydrogen-bond donors (Lipinski definition) is 1. The van der Waals surface area contributed by atoms with Crippen LogP contribution < -0.4 is 14.8 Å². The fraction of sp³-hybridized carbons (Fsp3) is 0.118. The minimum atomic E-state index is -0.553. The van der Waals surface area contributed by atoms with Crippen molar-refractivity contribution < 1.29 is 23.6 Å². The third kappa shape index (κ3) is 3.68. The number of non-ortho nitro benzene ring substituents is 1. The number of anilines is 1. The van der Waals surface area contributed by atoms with Crippen LogP contribution in [0.2, 0.25) is 0 Å². The second kappa shape index (κ2) is 7.52. The molecule has 10 nitrogen and oxygen atoms in total. The second-order valence-electron chi connectivity index (χ2n) is 5.21. The number of nitro groups is 1. The number of carbonyl (C=O) groups is 1. The molecule has 0 saturated carbocycles. The molecule has 0 fully saturated rings. The average molecular weight is 370 g/mol. The van der Waals surface area contributed by atoms with Crippen LogP contribution in [0.25, 0.3) is 11.5 Å². The van der Waals surface area contributed by atoms with Gasteiger partial charge in [-0.25, -0.2) is 0 Å². The number of methoxy groups -OCH3 is 2. The van der Waals surface area contributed by atoms with Crippen molar-refractivity contribution in [1.82, 2.24) is 10.2 Å². The normalized spacial score (nSPS) is 10.3. The van der Waals surface area contributed by atoms with E-state index in [1.165, 1.54) is 38.5 Å². The van der Waals surface area contributed by atoms with Crippen LogP contribution in [0.3, 0.4) is 0 Å². The summed E-state index contributed by atoms with van der Waals surface area (Å²) in [5.74, 6) is 0.194. The molecule has 0 unspecified atom stereocenters. The number of aromatic nitrogens is 2. The molecular weight excluding hydrogens is 356 g/mol. The van der Waals surface area contributed by atoms with Crippen molar-refractivity contribution in [2.45, 2.75) is 0 Å². The molecular formula is C17H14N4O6. The van der Waals surface area contributed by atoms with E-state index in [0.29, 0.717) is 17.1 Å². The lowest BCUT2D eigenvalue weighted by Crippen LogP contribution is -2.14. The zero-order valence-electron chi connectivity index (χ0n) is 14.3. The number of rotatable bonds is 6. The highest BCUT2D eigenvalue weighted by Crippen LogP contribution is 2.29. The third-order valence-corrected chi connectivity index (χ3v) is 3.63. The number of ether oxygens (including phenoxy) is 2. The van der Waals surface area contributed by atoms with Gasteiger partial charge in [0.05, 0.1) is 19.1 Å². The quantitative estimate of drug-likeness (QED) is 0.518. The van der Waals surface area contributed by atoms with Crippen LogP contribution in [-0.4, -0.2) is 35.2 Å². The van der Waals surface area contributed by atoms with Gasteiger partial charge in [-0.1, -0.05) is 11.2 Å². The van der Waals surface area contributed by atoms with E-state index in [-0.39, 0.29) is 23.2 Å². The number of nitrogens with one attached hydrogen (secondary N) is 1. The molecule has 2 aromatic carbocycles. The predicted molar refractivity (Wildman–Crippen MR) is 93.9 cm³/mol. The minimum absolute atomic E-state index is 0.0601. The summed E-state index contributed by atoms with van der Waals surface area (Å²) in [7, 11) is 2.87. The molecule has 1 N–H and O–H groups in total. The third-order valence-electron chi connectivity index (χ3n) is 3.63. The first kappa shape index (κ1) is 17.9. The van der Waals surface area contributed by atoms with Gasteiger partial charge in [0.25, 0.3) is 11.6 Å². The topological polar surface area (TPSA) is 130 Å². The van der Waals surface area contributed by atoms with Crippen LogP contribution in [0.1, 0.15) is 10.4 Å². The zero-order chi connectivity index (χ0) is 19.4. The van der Waals surface area contributed by atoms with Gasteiger partial charge in [-0.15, -0.1) is 5.10 Å². The van der Waals surface area contributed by atoms with E-state index in [1.807, 2.05) is 0 Å². The van der Waals surface area contributed by atoms with Gasteiger partial charge in [-0.3, -0.25) is 20.2 Å². The van der Waals surface area contributed by atoms with Crippen LogP contribution in [-0.2, 0) is 0 Å². The van der Waals surface area contributed by atoms with Crippen LogP contribution in [0, 0.1) is 10.1 Å². The Morgan fingerprint density at radius 1 is 1.07 bits per heavy atom. The summed E-state index contributed by atoms with van der Waals surface area (Å²) in [6.45, 7) is 0. The molecule has 1 heterocycles. The largest absolute Gasteiger partial charge is 0.496 e. The van der Waals surface area contributed by atoms with E-state index in [1.54, 1.807) is 18.2 Å². The maximum absolute atomic E-state index is 12.6. The first-order chi connectivity index (χ1) is 13.0. The van der Waals surface area contributed by atoms with Gasteiger partial charge in [-0.2, -0.15) is 0 Å². The summed E-state index contributed by atoms with van der Waals surface area (Å²) in [5.41, 5.74) is 0.594. The number of nitro benzene ring substituents is 1. The van der Waals surface area contributed by atoms with Crippen molar-refractivity contribution in [3.05, 3.63) is 58.1 Å². The fourth-order valence-corrected chi connectivity index (χ4v) is 2.35. The first-order valence-corrected chi connectivity index (χ1v) is 7.64. The summed E-state index contributed by atoms with van der Waals surface area (Å²) in [4.78, 5) is 22.8. The van der Waals surface area contributed by atoms with Crippen molar-refractivity contribution in [1.29, 1.82) is 0 Å². The van der Waals surface area contributed by atoms with Gasteiger partial charge in [0.15, 0.2) is 0 Å². The van der Waals surface area contributed by atoms with Crippen molar-refractivity contribution in [2.24, 2.45) is 0 Å². The standard InChI is InChI=1S/C17H14N4O6/c1-25-12-4-3-5-13(26-2)14(12)15(22)18-17-20-19-16(27-17)10-6-8-11(9-7-10)21(23)24/h3-9H,1-2H3,(H,18,20,22). The minimum Gasteiger partial charge on any atom is -0.496 e. The van der Waals surface area contributed by atoms with E-state index < -0.39 is 10.8 Å². The molecule has 0 atom stereocenters. The summed E-state index contributed by atoms with van der Waals surface area (Å²) in [6.07, 6.45) is 0. The summed E-state index contributed by atoms with van der Waals surface area (Å²) >= 11 is 0. The molecule has 3 aromatic rings. The van der Waals surface area contributed by atoms with Crippen LogP contribution in [0.4, 0.5) is 11.7 Å². The Hall–Kier alpha value is -3.95. The Bertz CT molecular complexity index is 961. The lowest BCUT2D eigenvalue weighted by atomic mass is 10.1. The van der Waals surface area contributed by atoms with Gasteiger partial charge in [0.2, 0.25) is 5.89 Å². The molecule has 138 valence electrons. The summed E-state index contributed by atoms with van der Waals surface area (Å²) in [5, 5.41) is 20.8. The van der Waals surface area contributed by atoms with E-state index in [9.17, 15) is 14.9 Å². The highest BCUT2D eigenvalue weighted by Gasteiger charge is 2.20. The Morgan fingerprint density at radius 2 is 1.70 bits per heavy atom. The molecule has 27 heavy (non-hydrogen) atoms. The number of carbonyl (C=O) groups excluding carboxylic acids is 1. The first-order valence-electron chi connectivity index (χ1n) is 7.64. The molecule has 0 saturated heterocycles. The number of amides is 1. The highest BCUT2D eigenvalue weighted by atomic mass is 16.6. The van der Waals surface area contributed by atoms with E-state index >= 15 is 0 Å². The average Bonchev–Trinajstić information content (AvgIpc) is 3.15. The predicted octanol–water partition coefficient (Wildman–Crippen LogP) is 2.91. The maximum Gasteiger partial charge on any atom is 0.322 e. The lowest BCUT2D eigenvalue weighted by Gasteiger charge is -2.11. The molecule has 0 bridgehead atoms.